The van der Waals surface area contributed by atoms with E-state index in [1.165, 1.54) is 12.1 Å². The molecule has 1 aliphatic rings. The molecule has 0 aliphatic carbocycles. The van der Waals surface area contributed by atoms with Crippen molar-refractivity contribution in [1.82, 2.24) is 15.5 Å². The van der Waals surface area contributed by atoms with Crippen LogP contribution in [-0.4, -0.2) is 50.1 Å². The van der Waals surface area contributed by atoms with Crippen LogP contribution in [0.1, 0.15) is 25.3 Å². The van der Waals surface area contributed by atoms with Gasteiger partial charge in [0, 0.05) is 6.54 Å². The van der Waals surface area contributed by atoms with Crippen molar-refractivity contribution >= 4 is 18.3 Å². The zero-order valence-electron chi connectivity index (χ0n) is 14.4. The van der Waals surface area contributed by atoms with Crippen molar-refractivity contribution in [2.75, 3.05) is 39.3 Å². The van der Waals surface area contributed by atoms with E-state index in [2.05, 4.69) is 22.5 Å². The number of likely N-dealkylation sites (tertiary alicyclic amines) is 1. The number of halogens is 2. The van der Waals surface area contributed by atoms with Crippen molar-refractivity contribution in [2.24, 2.45) is 5.92 Å². The average molecular weight is 358 g/mol. The third-order valence-electron chi connectivity index (χ3n) is 4.41. The lowest BCUT2D eigenvalue weighted by Crippen LogP contribution is -2.43. The van der Waals surface area contributed by atoms with Crippen molar-refractivity contribution in [2.45, 2.75) is 26.2 Å². The minimum absolute atomic E-state index is 0. The predicted molar refractivity (Wildman–Crippen MR) is 98.1 cm³/mol. The molecule has 6 heteroatoms. The fourth-order valence-electron chi connectivity index (χ4n) is 2.95. The first-order valence-corrected chi connectivity index (χ1v) is 8.61. The van der Waals surface area contributed by atoms with Crippen LogP contribution in [0.2, 0.25) is 0 Å². The fourth-order valence-corrected chi connectivity index (χ4v) is 2.95. The Labute approximate surface area is 150 Å². The van der Waals surface area contributed by atoms with Crippen LogP contribution in [0.15, 0.2) is 24.3 Å². The number of carbonyl (C=O) groups is 1. The van der Waals surface area contributed by atoms with E-state index in [-0.39, 0.29) is 24.1 Å². The van der Waals surface area contributed by atoms with E-state index in [4.69, 9.17) is 0 Å². The highest BCUT2D eigenvalue weighted by molar-refractivity contribution is 5.85. The molecular weight excluding hydrogens is 329 g/mol. The van der Waals surface area contributed by atoms with Gasteiger partial charge in [0.2, 0.25) is 5.91 Å². The van der Waals surface area contributed by atoms with Gasteiger partial charge in [-0.05, 0) is 69.1 Å². The summed E-state index contributed by atoms with van der Waals surface area (Å²) in [5.41, 5.74) is 1.04. The van der Waals surface area contributed by atoms with Crippen LogP contribution >= 0.6 is 12.4 Å². The normalized spacial score (nSPS) is 15.8. The number of nitrogens with one attached hydrogen (secondary N) is 2. The first kappa shape index (κ1) is 20.9. The number of amides is 1. The first-order valence-electron chi connectivity index (χ1n) is 8.61. The fraction of sp³-hybridized carbons (Fsp3) is 0.611. The third-order valence-corrected chi connectivity index (χ3v) is 4.41. The van der Waals surface area contributed by atoms with Gasteiger partial charge in [-0.2, -0.15) is 0 Å². The van der Waals surface area contributed by atoms with Gasteiger partial charge in [0.1, 0.15) is 5.82 Å². The van der Waals surface area contributed by atoms with Crippen LogP contribution in [0.5, 0.6) is 0 Å². The minimum Gasteiger partial charge on any atom is -0.355 e. The molecule has 136 valence electrons. The molecule has 0 spiro atoms. The predicted octanol–water partition coefficient (Wildman–Crippen LogP) is 2.23. The second-order valence-electron chi connectivity index (χ2n) is 6.25. The number of rotatable bonds is 8. The van der Waals surface area contributed by atoms with Crippen LogP contribution in [0, 0.1) is 11.7 Å². The van der Waals surface area contributed by atoms with Crippen molar-refractivity contribution in [3.05, 3.63) is 35.6 Å². The molecule has 1 heterocycles. The second-order valence-corrected chi connectivity index (χ2v) is 6.25. The largest absolute Gasteiger partial charge is 0.355 e. The van der Waals surface area contributed by atoms with E-state index < -0.39 is 0 Å². The van der Waals surface area contributed by atoms with Gasteiger partial charge in [-0.1, -0.05) is 19.1 Å². The molecule has 24 heavy (non-hydrogen) atoms. The summed E-state index contributed by atoms with van der Waals surface area (Å²) in [5, 5.41) is 6.35. The quantitative estimate of drug-likeness (QED) is 0.750. The zero-order valence-corrected chi connectivity index (χ0v) is 15.2. The Bertz CT molecular complexity index is 476. The van der Waals surface area contributed by atoms with E-state index in [1.54, 1.807) is 12.1 Å². The Morgan fingerprint density at radius 2 is 1.92 bits per heavy atom. The Hall–Kier alpha value is -1.17. The summed E-state index contributed by atoms with van der Waals surface area (Å²) in [6.07, 6.45) is 3.06. The Morgan fingerprint density at radius 3 is 2.54 bits per heavy atom. The first-order chi connectivity index (χ1) is 11.2. The zero-order chi connectivity index (χ0) is 16.5. The SMILES string of the molecule is CCNCC1CCN(CC(=O)NCCc2ccc(F)cc2)CC1.Cl. The van der Waals surface area contributed by atoms with Crippen molar-refractivity contribution in [1.29, 1.82) is 0 Å². The second kappa shape index (κ2) is 11.4. The van der Waals surface area contributed by atoms with E-state index in [9.17, 15) is 9.18 Å². The van der Waals surface area contributed by atoms with Gasteiger partial charge in [-0.25, -0.2) is 4.39 Å². The van der Waals surface area contributed by atoms with Gasteiger partial charge in [0.05, 0.1) is 6.54 Å². The van der Waals surface area contributed by atoms with Crippen LogP contribution < -0.4 is 10.6 Å². The Balaban J connectivity index is 0.00000288. The van der Waals surface area contributed by atoms with Crippen LogP contribution in [0.3, 0.4) is 0 Å². The van der Waals surface area contributed by atoms with E-state index >= 15 is 0 Å². The summed E-state index contributed by atoms with van der Waals surface area (Å²) in [7, 11) is 0. The van der Waals surface area contributed by atoms with Crippen LogP contribution in [0.25, 0.3) is 0 Å². The summed E-state index contributed by atoms with van der Waals surface area (Å²) in [4.78, 5) is 14.2. The third kappa shape index (κ3) is 7.60. The topological polar surface area (TPSA) is 44.4 Å². The number of carbonyl (C=O) groups excluding carboxylic acids is 1. The highest BCUT2D eigenvalue weighted by atomic mass is 35.5. The van der Waals surface area contributed by atoms with Crippen molar-refractivity contribution in [3.63, 3.8) is 0 Å². The maximum atomic E-state index is 12.8. The van der Waals surface area contributed by atoms with Gasteiger partial charge in [0.25, 0.3) is 0 Å². The van der Waals surface area contributed by atoms with Gasteiger partial charge < -0.3 is 10.6 Å². The van der Waals surface area contributed by atoms with Crippen LogP contribution in [0.4, 0.5) is 4.39 Å². The Morgan fingerprint density at radius 1 is 1.25 bits per heavy atom. The van der Waals surface area contributed by atoms with Crippen molar-refractivity contribution in [3.8, 4) is 0 Å². The van der Waals surface area contributed by atoms with Gasteiger partial charge in [0.15, 0.2) is 0 Å². The maximum Gasteiger partial charge on any atom is 0.234 e. The summed E-state index contributed by atoms with van der Waals surface area (Å²) < 4.78 is 12.8. The molecule has 2 N–H and O–H groups in total. The number of hydrogen-bond donors (Lipinski definition) is 2. The summed E-state index contributed by atoms with van der Waals surface area (Å²) >= 11 is 0. The standard InChI is InChI=1S/C18H28FN3O.ClH/c1-2-20-13-16-8-11-22(12-9-16)14-18(23)21-10-7-15-3-5-17(19)6-4-15;/h3-6,16,20H,2,7-14H2,1H3,(H,21,23);1H. The van der Waals surface area contributed by atoms with Gasteiger partial charge in [-0.15, -0.1) is 12.4 Å². The summed E-state index contributed by atoms with van der Waals surface area (Å²) in [6, 6.07) is 6.43. The highest BCUT2D eigenvalue weighted by Gasteiger charge is 2.20. The number of hydrogen-bond acceptors (Lipinski definition) is 3. The molecular formula is C18H29ClFN3O. The van der Waals surface area contributed by atoms with Gasteiger partial charge in [-0.3, -0.25) is 9.69 Å². The molecule has 2 rings (SSSR count). The molecule has 0 radical (unpaired) electrons. The van der Waals surface area contributed by atoms with E-state index in [0.29, 0.717) is 13.1 Å². The van der Waals surface area contributed by atoms with Gasteiger partial charge >= 0.3 is 0 Å². The maximum absolute atomic E-state index is 12.8. The number of piperidine rings is 1. The molecule has 4 nitrogen and oxygen atoms in total. The Kier molecular flexibility index (Phi) is 9.91. The molecule has 1 amide bonds. The lowest BCUT2D eigenvalue weighted by molar-refractivity contribution is -0.122. The smallest absolute Gasteiger partial charge is 0.234 e. The average Bonchev–Trinajstić information content (AvgIpc) is 2.56. The molecule has 0 atom stereocenters. The molecule has 0 saturated carbocycles. The number of benzene rings is 1. The summed E-state index contributed by atoms with van der Waals surface area (Å²) in [6.45, 7) is 7.33. The number of nitrogens with zero attached hydrogens (tertiary/aromatic N) is 1. The molecule has 1 fully saturated rings. The van der Waals surface area contributed by atoms with E-state index in [0.717, 1.165) is 56.9 Å². The molecule has 1 aliphatic heterocycles. The monoisotopic (exact) mass is 357 g/mol. The lowest BCUT2D eigenvalue weighted by atomic mass is 9.97. The molecule has 0 unspecified atom stereocenters. The lowest BCUT2D eigenvalue weighted by Gasteiger charge is -2.31. The summed E-state index contributed by atoms with van der Waals surface area (Å²) in [5.74, 6) is 0.598. The molecule has 1 saturated heterocycles. The minimum atomic E-state index is -0.227. The molecule has 0 bridgehead atoms. The van der Waals surface area contributed by atoms with E-state index in [1.807, 2.05) is 0 Å². The molecule has 1 aromatic carbocycles. The molecule has 1 aromatic rings. The van der Waals surface area contributed by atoms with Crippen LogP contribution in [-0.2, 0) is 11.2 Å². The highest BCUT2D eigenvalue weighted by Crippen LogP contribution is 2.15. The van der Waals surface area contributed by atoms with Crippen molar-refractivity contribution < 1.29 is 9.18 Å². The molecule has 0 aromatic heterocycles.